The molecule has 6 aromatic carbocycles. The van der Waals surface area contributed by atoms with E-state index in [0.717, 1.165) is 0 Å². The van der Waals surface area contributed by atoms with Crippen LogP contribution in [0.4, 0.5) is 0 Å². The predicted molar refractivity (Wildman–Crippen MR) is 169 cm³/mol. The van der Waals surface area contributed by atoms with Gasteiger partial charge in [-0.05, 0) is 11.1 Å². The van der Waals surface area contributed by atoms with Gasteiger partial charge in [-0.1, -0.05) is 97.8 Å². The fraction of sp³-hybridized carbons (Fsp3) is 0.118. The van der Waals surface area contributed by atoms with E-state index in [9.17, 15) is 0 Å². The summed E-state index contributed by atoms with van der Waals surface area (Å²) in [5.41, 5.74) is 7.89. The molecule has 6 rings (SSSR count). The van der Waals surface area contributed by atoms with Crippen LogP contribution in [-0.4, -0.2) is 15.4 Å². The summed E-state index contributed by atoms with van der Waals surface area (Å²) in [4.78, 5) is 0. The first kappa shape index (κ1) is 30.6. The van der Waals surface area contributed by atoms with Crippen LogP contribution in [0, 0.1) is 13.8 Å². The van der Waals surface area contributed by atoms with Crippen molar-refractivity contribution in [1.29, 1.82) is 0 Å². The Labute approximate surface area is 252 Å². The monoisotopic (exact) mass is 674 g/mol. The molecule has 38 heavy (non-hydrogen) atoms. The first-order valence-corrected chi connectivity index (χ1v) is 23.0. The molecule has 190 valence electrons. The molecule has 4 heteroatoms. The van der Waals surface area contributed by atoms with Gasteiger partial charge in [-0.25, -0.2) is 0 Å². The molecule has 0 aromatic heterocycles. The van der Waals surface area contributed by atoms with Crippen molar-refractivity contribution in [2.75, 3.05) is 0 Å². The Morgan fingerprint density at radius 3 is 1.24 bits per heavy atom. The van der Waals surface area contributed by atoms with Gasteiger partial charge >= 0.3 is 64.8 Å². The van der Waals surface area contributed by atoms with Crippen LogP contribution < -0.4 is 0 Å². The average molecular weight is 675 g/mol. The maximum absolute atomic E-state index is 4.93. The Morgan fingerprint density at radius 1 is 0.553 bits per heavy atom. The molecule has 0 saturated carbocycles. The molecule has 0 amide bonds. The van der Waals surface area contributed by atoms with Crippen molar-refractivity contribution in [2.24, 2.45) is 0 Å². The fourth-order valence-electron chi connectivity index (χ4n) is 4.51. The third-order valence-electron chi connectivity index (χ3n) is 5.96. The molecule has 0 bridgehead atoms. The molecule has 2 radical (unpaired) electrons. The zero-order valence-electron chi connectivity index (χ0n) is 22.3. The first-order chi connectivity index (χ1) is 18.5. The van der Waals surface area contributed by atoms with Crippen molar-refractivity contribution in [2.45, 2.75) is 25.4 Å². The van der Waals surface area contributed by atoms with Crippen molar-refractivity contribution in [1.82, 2.24) is 0 Å². The van der Waals surface area contributed by atoms with Crippen molar-refractivity contribution in [3.05, 3.63) is 132 Å². The van der Waals surface area contributed by atoms with Crippen LogP contribution >= 0.6 is 17.0 Å². The average Bonchev–Trinajstić information content (AvgIpc) is 3.51. The number of rotatable bonds is 2. The van der Waals surface area contributed by atoms with E-state index in [1.54, 1.807) is 0 Å². The number of hydrogen-bond acceptors (Lipinski definition) is 0. The van der Waals surface area contributed by atoms with Gasteiger partial charge in [0.15, 0.2) is 0 Å². The zero-order valence-corrected chi connectivity index (χ0v) is 28.4. The van der Waals surface area contributed by atoms with Gasteiger partial charge in [0.2, 0.25) is 0 Å². The molecule has 0 heterocycles. The van der Waals surface area contributed by atoms with Crippen LogP contribution in [0.3, 0.4) is 0 Å². The number of benzene rings is 4. The normalized spacial score (nSPS) is 9.84. The Bertz CT molecular complexity index is 1400. The maximum atomic E-state index is 4.93. The summed E-state index contributed by atoms with van der Waals surface area (Å²) in [6.45, 7) is 4.30. The second kappa shape index (κ2) is 16.3. The summed E-state index contributed by atoms with van der Waals surface area (Å²) < 4.78 is 0. The molecule has 0 saturated heterocycles. The van der Waals surface area contributed by atoms with E-state index in [2.05, 4.69) is 147 Å². The molecule has 0 aliphatic carbocycles. The third-order valence-corrected chi connectivity index (χ3v) is 5.96. The van der Waals surface area contributed by atoms with E-state index < -0.39 is 20.8 Å². The molecule has 0 aliphatic rings. The van der Waals surface area contributed by atoms with Crippen LogP contribution in [0.1, 0.15) is 11.1 Å². The summed E-state index contributed by atoms with van der Waals surface area (Å²) >= 11 is -0.326. The Hall–Kier alpha value is -1.89. The summed E-state index contributed by atoms with van der Waals surface area (Å²) in [5, 5.41) is 5.37. The van der Waals surface area contributed by atoms with E-state index in [1.807, 2.05) is 0 Å². The SMILES string of the molecule is Cc1cc2c(-c3ccccc3)cccc2[cH-]1.Cc1cc2c(-c3ccccc3)cccc2[cH-]1.[CH3][Ge][CH3].[Cl][Zr+2][Cl]. The van der Waals surface area contributed by atoms with E-state index in [0.29, 0.717) is 15.4 Å². The number of hydrogen-bond donors (Lipinski definition) is 0. The molecule has 0 atom stereocenters. The minimum absolute atomic E-state index is 0.500. The van der Waals surface area contributed by atoms with Crippen LogP contribution in [0.2, 0.25) is 11.5 Å². The second-order valence-electron chi connectivity index (χ2n) is 8.99. The Balaban J connectivity index is 0.000000175. The molecular formula is C34H32Cl2GeZr. The molecule has 0 N–H and O–H groups in total. The molecule has 0 fully saturated rings. The van der Waals surface area contributed by atoms with Gasteiger partial charge in [0, 0.05) is 0 Å². The van der Waals surface area contributed by atoms with Crippen molar-refractivity contribution in [3.63, 3.8) is 0 Å². The van der Waals surface area contributed by atoms with Crippen LogP contribution in [-0.2, 0) is 20.8 Å². The van der Waals surface area contributed by atoms with E-state index >= 15 is 0 Å². The quantitative estimate of drug-likeness (QED) is 0.127. The zero-order chi connectivity index (χ0) is 27.3. The standard InChI is InChI=1S/2C16H13.C2H6Ge.2ClH.Zr/c2*1-12-10-14-8-5-9-15(16(14)11-12)13-6-3-2-4-7-13;1-3-2;;;/h2*2-11H,1H3;1-2H3;2*1H;/q2*-1;;;;+4/p-2. The summed E-state index contributed by atoms with van der Waals surface area (Å²) in [6, 6.07) is 43.1. The van der Waals surface area contributed by atoms with Gasteiger partial charge in [-0.3, -0.25) is 0 Å². The van der Waals surface area contributed by atoms with Crippen LogP contribution in [0.5, 0.6) is 0 Å². The van der Waals surface area contributed by atoms with Crippen molar-refractivity contribution >= 4 is 54.0 Å². The summed E-state index contributed by atoms with van der Waals surface area (Å²) in [7, 11) is 9.87. The van der Waals surface area contributed by atoms with Crippen LogP contribution in [0.15, 0.2) is 121 Å². The topological polar surface area (TPSA) is 0 Å². The van der Waals surface area contributed by atoms with Gasteiger partial charge in [0.1, 0.15) is 0 Å². The van der Waals surface area contributed by atoms with Gasteiger partial charge in [-0.2, -0.15) is 12.1 Å². The van der Waals surface area contributed by atoms with E-state index in [4.69, 9.17) is 17.0 Å². The first-order valence-electron chi connectivity index (χ1n) is 12.5. The Kier molecular flexibility index (Phi) is 13.1. The minimum atomic E-state index is -0.826. The molecule has 0 unspecified atom stereocenters. The van der Waals surface area contributed by atoms with Gasteiger partial charge < -0.3 is 0 Å². The van der Waals surface area contributed by atoms with Gasteiger partial charge in [0.05, 0.1) is 0 Å². The number of halogens is 2. The molecule has 6 aromatic rings. The number of aryl methyl sites for hydroxylation is 2. The van der Waals surface area contributed by atoms with Crippen molar-refractivity contribution < 1.29 is 20.8 Å². The van der Waals surface area contributed by atoms with Gasteiger partial charge in [0.25, 0.3) is 0 Å². The number of fused-ring (bicyclic) bond motifs is 2. The molecular weight excluding hydrogens is 643 g/mol. The van der Waals surface area contributed by atoms with E-state index in [1.165, 1.54) is 54.9 Å². The summed E-state index contributed by atoms with van der Waals surface area (Å²) in [5.74, 6) is 4.50. The summed E-state index contributed by atoms with van der Waals surface area (Å²) in [6.07, 6.45) is 0. The second-order valence-corrected chi connectivity index (χ2v) is 14.8. The fourth-order valence-corrected chi connectivity index (χ4v) is 4.51. The van der Waals surface area contributed by atoms with Crippen molar-refractivity contribution in [3.8, 4) is 22.3 Å². The van der Waals surface area contributed by atoms with Gasteiger partial charge in [-0.15, -0.1) is 69.1 Å². The molecule has 0 spiro atoms. The Morgan fingerprint density at radius 2 is 0.895 bits per heavy atom. The molecule has 0 nitrogen and oxygen atoms in total. The predicted octanol–water partition coefficient (Wildman–Crippen LogP) is 11.2. The van der Waals surface area contributed by atoms with E-state index in [-0.39, 0.29) is 0 Å². The molecule has 0 aliphatic heterocycles. The third kappa shape index (κ3) is 8.55. The van der Waals surface area contributed by atoms with Crippen LogP contribution in [0.25, 0.3) is 43.8 Å².